The third kappa shape index (κ3) is 4.95. The highest BCUT2D eigenvalue weighted by molar-refractivity contribution is 7.99. The topological polar surface area (TPSA) is 63.5 Å². The van der Waals surface area contributed by atoms with Crippen molar-refractivity contribution in [2.75, 3.05) is 43.9 Å². The summed E-state index contributed by atoms with van der Waals surface area (Å²) in [6.07, 6.45) is 0. The molecule has 1 aliphatic heterocycles. The van der Waals surface area contributed by atoms with Crippen LogP contribution < -0.4 is 9.64 Å². The Morgan fingerprint density at radius 1 is 0.889 bits per heavy atom. The van der Waals surface area contributed by atoms with E-state index in [0.29, 0.717) is 24.0 Å². The number of thioether (sulfide) groups is 1. The molecule has 1 aromatic heterocycles. The Kier molecular flexibility index (Phi) is 7.23. The summed E-state index contributed by atoms with van der Waals surface area (Å²) in [6.45, 7) is 4.97. The summed E-state index contributed by atoms with van der Waals surface area (Å²) >= 11 is 1.43. The number of benzene rings is 3. The number of amides is 1. The van der Waals surface area contributed by atoms with Crippen LogP contribution in [0.2, 0.25) is 0 Å². The lowest BCUT2D eigenvalue weighted by Gasteiger charge is -2.36. The molecule has 4 aromatic rings. The minimum atomic E-state index is 0.111. The van der Waals surface area contributed by atoms with Crippen LogP contribution in [0.3, 0.4) is 0 Å². The second-order valence-electron chi connectivity index (χ2n) is 8.62. The molecule has 5 rings (SSSR count). The summed E-state index contributed by atoms with van der Waals surface area (Å²) in [6, 6.07) is 26.2. The van der Waals surface area contributed by atoms with Gasteiger partial charge in [0.2, 0.25) is 5.91 Å². The second kappa shape index (κ2) is 10.9. The van der Waals surface area contributed by atoms with Crippen LogP contribution in [0.1, 0.15) is 5.56 Å². The summed E-state index contributed by atoms with van der Waals surface area (Å²) in [5.41, 5.74) is 4.20. The number of hydrogen-bond donors (Lipinski definition) is 0. The van der Waals surface area contributed by atoms with Gasteiger partial charge in [-0.1, -0.05) is 66.4 Å². The lowest BCUT2D eigenvalue weighted by atomic mass is 10.1. The van der Waals surface area contributed by atoms with Crippen molar-refractivity contribution in [1.29, 1.82) is 0 Å². The highest BCUT2D eigenvalue weighted by Crippen LogP contribution is 2.31. The molecule has 0 aliphatic carbocycles. The molecule has 7 nitrogen and oxygen atoms in total. The van der Waals surface area contributed by atoms with Crippen LogP contribution in [-0.2, 0) is 4.79 Å². The van der Waals surface area contributed by atoms with E-state index in [2.05, 4.69) is 40.2 Å². The number of aryl methyl sites for hydroxylation is 1. The zero-order valence-corrected chi connectivity index (χ0v) is 21.3. The number of hydrogen-bond acceptors (Lipinski definition) is 6. The van der Waals surface area contributed by atoms with E-state index in [1.165, 1.54) is 11.8 Å². The number of piperazine rings is 1. The van der Waals surface area contributed by atoms with Gasteiger partial charge in [0, 0.05) is 37.4 Å². The molecule has 0 atom stereocenters. The molecule has 184 valence electrons. The predicted octanol–water partition coefficient (Wildman–Crippen LogP) is 4.69. The van der Waals surface area contributed by atoms with Gasteiger partial charge >= 0.3 is 0 Å². The van der Waals surface area contributed by atoms with E-state index < -0.39 is 0 Å². The minimum Gasteiger partial charge on any atom is -0.495 e. The lowest BCUT2D eigenvalue weighted by Crippen LogP contribution is -2.49. The fraction of sp³-hybridized carbons (Fsp3) is 0.250. The molecule has 0 spiro atoms. The highest BCUT2D eigenvalue weighted by atomic mass is 32.2. The summed E-state index contributed by atoms with van der Waals surface area (Å²) in [5, 5.41) is 9.71. The van der Waals surface area contributed by atoms with Crippen molar-refractivity contribution in [2.45, 2.75) is 12.1 Å². The molecular formula is C28H29N5O2S. The molecule has 3 aromatic carbocycles. The number of ether oxygens (including phenoxy) is 1. The number of nitrogens with zero attached hydrogens (tertiary/aromatic N) is 5. The Morgan fingerprint density at radius 2 is 1.58 bits per heavy atom. The first-order valence-corrected chi connectivity index (χ1v) is 13.0. The monoisotopic (exact) mass is 499 g/mol. The summed E-state index contributed by atoms with van der Waals surface area (Å²) in [7, 11) is 1.69. The SMILES string of the molecule is COc1ccccc1N1CCN(C(=O)CSc2nnc(-c3ccccc3C)n2-c2ccccc2)CC1. The quantitative estimate of drug-likeness (QED) is 0.344. The molecular weight excluding hydrogens is 470 g/mol. The minimum absolute atomic E-state index is 0.111. The Labute approximate surface area is 215 Å². The molecule has 1 aliphatic rings. The van der Waals surface area contributed by atoms with E-state index >= 15 is 0 Å². The van der Waals surface area contributed by atoms with E-state index in [4.69, 9.17) is 4.74 Å². The fourth-order valence-electron chi connectivity index (χ4n) is 4.48. The van der Waals surface area contributed by atoms with Gasteiger partial charge < -0.3 is 14.5 Å². The van der Waals surface area contributed by atoms with E-state index in [9.17, 15) is 4.79 Å². The number of anilines is 1. The first kappa shape index (κ1) is 23.9. The molecule has 1 amide bonds. The average Bonchev–Trinajstić information content (AvgIpc) is 3.36. The van der Waals surface area contributed by atoms with Gasteiger partial charge in [0.05, 0.1) is 18.6 Å². The molecule has 36 heavy (non-hydrogen) atoms. The van der Waals surface area contributed by atoms with Crippen LogP contribution >= 0.6 is 11.8 Å². The van der Waals surface area contributed by atoms with Crippen molar-refractivity contribution in [1.82, 2.24) is 19.7 Å². The molecule has 1 saturated heterocycles. The number of carbonyl (C=O) groups is 1. The standard InChI is InChI=1S/C28H29N5O2S/c1-21-10-6-7-13-23(21)27-29-30-28(33(27)22-11-4-3-5-12-22)36-20-26(34)32-18-16-31(17-19-32)24-14-8-9-15-25(24)35-2/h3-15H,16-20H2,1-2H3. The molecule has 8 heteroatoms. The number of methoxy groups -OCH3 is 1. The normalized spacial score (nSPS) is 13.6. The van der Waals surface area contributed by atoms with Crippen molar-refractivity contribution >= 4 is 23.4 Å². The zero-order chi connectivity index (χ0) is 24.9. The maximum absolute atomic E-state index is 13.1. The molecule has 0 bridgehead atoms. The maximum atomic E-state index is 13.1. The summed E-state index contributed by atoms with van der Waals surface area (Å²) in [5.74, 6) is 2.06. The van der Waals surface area contributed by atoms with Gasteiger partial charge in [0.25, 0.3) is 0 Å². The van der Waals surface area contributed by atoms with Crippen LogP contribution in [0.15, 0.2) is 84.0 Å². The van der Waals surface area contributed by atoms with E-state index in [0.717, 1.165) is 47.2 Å². The van der Waals surface area contributed by atoms with E-state index in [-0.39, 0.29) is 5.91 Å². The van der Waals surface area contributed by atoms with Crippen LogP contribution in [0.4, 0.5) is 5.69 Å². The van der Waals surface area contributed by atoms with Crippen molar-refractivity contribution in [3.05, 3.63) is 84.4 Å². The highest BCUT2D eigenvalue weighted by Gasteiger charge is 2.24. The molecule has 1 fully saturated rings. The fourth-order valence-corrected chi connectivity index (χ4v) is 5.33. The van der Waals surface area contributed by atoms with Crippen LogP contribution in [-0.4, -0.2) is 64.6 Å². The largest absolute Gasteiger partial charge is 0.495 e. The van der Waals surface area contributed by atoms with E-state index in [1.54, 1.807) is 7.11 Å². The van der Waals surface area contributed by atoms with Gasteiger partial charge in [0.15, 0.2) is 11.0 Å². The molecule has 0 radical (unpaired) electrons. The first-order chi connectivity index (χ1) is 17.7. The number of rotatable bonds is 7. The van der Waals surface area contributed by atoms with Crippen molar-refractivity contribution in [2.24, 2.45) is 0 Å². The van der Waals surface area contributed by atoms with Gasteiger partial charge in [-0.2, -0.15) is 0 Å². The maximum Gasteiger partial charge on any atom is 0.233 e. The zero-order valence-electron chi connectivity index (χ0n) is 20.5. The van der Waals surface area contributed by atoms with Crippen molar-refractivity contribution in [3.63, 3.8) is 0 Å². The third-order valence-electron chi connectivity index (χ3n) is 6.42. The summed E-state index contributed by atoms with van der Waals surface area (Å²) < 4.78 is 7.55. The summed E-state index contributed by atoms with van der Waals surface area (Å²) in [4.78, 5) is 17.3. The van der Waals surface area contributed by atoms with Crippen LogP contribution in [0.25, 0.3) is 17.1 Å². The molecule has 0 saturated carbocycles. The molecule has 2 heterocycles. The Morgan fingerprint density at radius 3 is 2.33 bits per heavy atom. The first-order valence-electron chi connectivity index (χ1n) is 12.0. The lowest BCUT2D eigenvalue weighted by molar-refractivity contribution is -0.128. The van der Waals surface area contributed by atoms with Crippen LogP contribution in [0.5, 0.6) is 5.75 Å². The van der Waals surface area contributed by atoms with E-state index in [1.807, 2.05) is 70.1 Å². The number of aromatic nitrogens is 3. The Bertz CT molecular complexity index is 1330. The number of carbonyl (C=O) groups excluding carboxylic acids is 1. The van der Waals surface area contributed by atoms with Crippen molar-refractivity contribution < 1.29 is 9.53 Å². The van der Waals surface area contributed by atoms with Gasteiger partial charge in [-0.25, -0.2) is 0 Å². The second-order valence-corrected chi connectivity index (χ2v) is 9.56. The van der Waals surface area contributed by atoms with Gasteiger partial charge in [-0.3, -0.25) is 9.36 Å². The van der Waals surface area contributed by atoms with Gasteiger partial charge in [-0.05, 0) is 36.8 Å². The van der Waals surface area contributed by atoms with Gasteiger partial charge in [-0.15, -0.1) is 10.2 Å². The smallest absolute Gasteiger partial charge is 0.233 e. The molecule has 0 unspecified atom stereocenters. The van der Waals surface area contributed by atoms with Gasteiger partial charge in [0.1, 0.15) is 5.75 Å². The number of para-hydroxylation sites is 3. The van der Waals surface area contributed by atoms with Crippen molar-refractivity contribution in [3.8, 4) is 22.8 Å². The Balaban J connectivity index is 1.29. The third-order valence-corrected chi connectivity index (χ3v) is 7.33. The Hall–Kier alpha value is -3.78. The molecule has 0 N–H and O–H groups in total. The average molecular weight is 500 g/mol. The van der Waals surface area contributed by atoms with Crippen LogP contribution in [0, 0.1) is 6.92 Å². The predicted molar refractivity (Wildman–Crippen MR) is 144 cm³/mol.